The van der Waals surface area contributed by atoms with Crippen LogP contribution in [0.15, 0.2) is 46.3 Å². The fraction of sp³-hybridized carbons (Fsp3) is 0.458. The smallest absolute Gasteiger partial charge is 0.231 e. The lowest BCUT2D eigenvalue weighted by Crippen LogP contribution is -2.51. The van der Waals surface area contributed by atoms with Gasteiger partial charge >= 0.3 is 0 Å². The van der Waals surface area contributed by atoms with Crippen LogP contribution in [0.5, 0.6) is 0 Å². The number of hydrogen-bond donors (Lipinski definition) is 1. The highest BCUT2D eigenvalue weighted by molar-refractivity contribution is 7.13. The molecule has 6 heteroatoms. The first kappa shape index (κ1) is 18.3. The average molecular weight is 420 g/mol. The van der Waals surface area contributed by atoms with E-state index in [9.17, 15) is 4.79 Å². The van der Waals surface area contributed by atoms with Crippen molar-refractivity contribution >= 4 is 22.9 Å². The molecular formula is C24H25N3O2S. The van der Waals surface area contributed by atoms with E-state index in [1.807, 2.05) is 41.8 Å². The standard InChI is InChI=1S/C24H25N3O2S/c28-23(24-12-15-8-16(13-24)10-17(9-15)14-24)25-19-5-2-1-4-18(19)11-21-26-22(27-29-21)20-6-3-7-30-20/h1-7,15-17H,8-14H2,(H,25,28). The summed E-state index contributed by atoms with van der Waals surface area (Å²) in [4.78, 5) is 19.0. The van der Waals surface area contributed by atoms with Crippen molar-refractivity contribution in [1.82, 2.24) is 10.1 Å². The van der Waals surface area contributed by atoms with Crippen LogP contribution in [0, 0.1) is 23.2 Å². The molecule has 0 atom stereocenters. The zero-order chi connectivity index (χ0) is 20.1. The van der Waals surface area contributed by atoms with E-state index in [0.29, 0.717) is 18.1 Å². The molecule has 1 aromatic carbocycles. The topological polar surface area (TPSA) is 68.0 Å². The number of thiophene rings is 1. The molecule has 0 radical (unpaired) electrons. The molecule has 4 bridgehead atoms. The number of benzene rings is 1. The maximum absolute atomic E-state index is 13.5. The van der Waals surface area contributed by atoms with Gasteiger partial charge < -0.3 is 9.84 Å². The van der Waals surface area contributed by atoms with Crippen molar-refractivity contribution in [3.05, 3.63) is 53.2 Å². The van der Waals surface area contributed by atoms with E-state index in [1.165, 1.54) is 19.3 Å². The number of rotatable bonds is 5. The number of aromatic nitrogens is 2. The lowest BCUT2D eigenvalue weighted by Gasteiger charge is -2.55. The van der Waals surface area contributed by atoms with Gasteiger partial charge in [-0.1, -0.05) is 29.4 Å². The number of anilines is 1. The van der Waals surface area contributed by atoms with E-state index in [1.54, 1.807) is 11.3 Å². The van der Waals surface area contributed by atoms with Gasteiger partial charge in [0.25, 0.3) is 0 Å². The average Bonchev–Trinajstić information content (AvgIpc) is 3.40. The number of nitrogens with zero attached hydrogens (tertiary/aromatic N) is 2. The van der Waals surface area contributed by atoms with E-state index in [-0.39, 0.29) is 11.3 Å². The second-order valence-electron chi connectivity index (χ2n) is 9.47. The van der Waals surface area contributed by atoms with Gasteiger partial charge in [-0.15, -0.1) is 11.3 Å². The number of nitrogens with one attached hydrogen (secondary N) is 1. The minimum Gasteiger partial charge on any atom is -0.339 e. The molecule has 154 valence electrons. The largest absolute Gasteiger partial charge is 0.339 e. The Kier molecular flexibility index (Phi) is 4.30. The van der Waals surface area contributed by atoms with E-state index in [2.05, 4.69) is 15.5 Å². The molecule has 5 nitrogen and oxygen atoms in total. The highest BCUT2D eigenvalue weighted by Gasteiger charge is 2.54. The lowest BCUT2D eigenvalue weighted by molar-refractivity contribution is -0.140. The summed E-state index contributed by atoms with van der Waals surface area (Å²) < 4.78 is 5.49. The van der Waals surface area contributed by atoms with Crippen LogP contribution in [0.4, 0.5) is 5.69 Å². The monoisotopic (exact) mass is 419 g/mol. The van der Waals surface area contributed by atoms with Gasteiger partial charge in [0.05, 0.1) is 16.7 Å². The van der Waals surface area contributed by atoms with Crippen molar-refractivity contribution in [2.45, 2.75) is 44.9 Å². The van der Waals surface area contributed by atoms with Gasteiger partial charge in [0, 0.05) is 5.69 Å². The zero-order valence-corrected chi connectivity index (χ0v) is 17.7. The van der Waals surface area contributed by atoms with Crippen LogP contribution in [-0.4, -0.2) is 16.0 Å². The molecule has 3 aromatic rings. The van der Waals surface area contributed by atoms with E-state index >= 15 is 0 Å². The highest BCUT2D eigenvalue weighted by atomic mass is 32.1. The molecule has 1 amide bonds. The van der Waals surface area contributed by atoms with E-state index in [4.69, 9.17) is 4.52 Å². The summed E-state index contributed by atoms with van der Waals surface area (Å²) in [6.45, 7) is 0. The maximum atomic E-state index is 13.5. The second kappa shape index (κ2) is 7.05. The minimum absolute atomic E-state index is 0.154. The predicted octanol–water partition coefficient (Wildman–Crippen LogP) is 5.54. The maximum Gasteiger partial charge on any atom is 0.231 e. The fourth-order valence-corrected chi connectivity index (χ4v) is 7.08. The normalized spacial score (nSPS) is 29.3. The molecule has 4 aliphatic rings. The van der Waals surface area contributed by atoms with Crippen molar-refractivity contribution in [3.63, 3.8) is 0 Å². The van der Waals surface area contributed by atoms with Crippen molar-refractivity contribution < 1.29 is 9.32 Å². The van der Waals surface area contributed by atoms with Crippen LogP contribution in [0.2, 0.25) is 0 Å². The summed E-state index contributed by atoms with van der Waals surface area (Å²) in [5.41, 5.74) is 1.73. The summed E-state index contributed by atoms with van der Waals surface area (Å²) >= 11 is 1.59. The Morgan fingerprint density at radius 1 is 1.07 bits per heavy atom. The molecule has 1 N–H and O–H groups in total. The van der Waals surface area contributed by atoms with Crippen LogP contribution < -0.4 is 5.32 Å². The molecule has 4 saturated carbocycles. The Hall–Kier alpha value is -2.47. The fourth-order valence-electron chi connectivity index (χ4n) is 6.44. The molecule has 0 spiro atoms. The number of para-hydroxylation sites is 1. The van der Waals surface area contributed by atoms with Gasteiger partial charge in [-0.25, -0.2) is 0 Å². The molecule has 7 rings (SSSR count). The first-order valence-corrected chi connectivity index (χ1v) is 11.8. The first-order chi connectivity index (χ1) is 14.7. The number of carbonyl (C=O) groups is 1. The Bertz CT molecular complexity index is 1040. The third-order valence-electron chi connectivity index (χ3n) is 7.34. The van der Waals surface area contributed by atoms with E-state index in [0.717, 1.165) is 53.1 Å². The Morgan fingerprint density at radius 2 is 1.80 bits per heavy atom. The summed E-state index contributed by atoms with van der Waals surface area (Å²) in [7, 11) is 0. The van der Waals surface area contributed by atoms with Crippen molar-refractivity contribution in [3.8, 4) is 10.7 Å². The molecule has 2 aromatic heterocycles. The summed E-state index contributed by atoms with van der Waals surface area (Å²) in [6.07, 6.45) is 7.74. The Morgan fingerprint density at radius 3 is 2.50 bits per heavy atom. The number of carbonyl (C=O) groups excluding carboxylic acids is 1. The summed E-state index contributed by atoms with van der Waals surface area (Å²) in [5, 5.41) is 9.41. The molecule has 4 fully saturated rings. The van der Waals surface area contributed by atoms with Crippen LogP contribution in [-0.2, 0) is 11.2 Å². The van der Waals surface area contributed by atoms with Crippen LogP contribution in [0.1, 0.15) is 50.0 Å². The Balaban J connectivity index is 1.22. The number of hydrogen-bond acceptors (Lipinski definition) is 5. The molecule has 30 heavy (non-hydrogen) atoms. The van der Waals surface area contributed by atoms with Gasteiger partial charge in [-0.3, -0.25) is 4.79 Å². The Labute approximate surface area is 179 Å². The minimum atomic E-state index is -0.154. The van der Waals surface area contributed by atoms with Gasteiger partial charge in [-0.05, 0) is 79.4 Å². The van der Waals surface area contributed by atoms with Crippen LogP contribution in [0.3, 0.4) is 0 Å². The first-order valence-electron chi connectivity index (χ1n) is 10.9. The second-order valence-corrected chi connectivity index (χ2v) is 10.4. The van der Waals surface area contributed by atoms with Crippen molar-refractivity contribution in [2.24, 2.45) is 23.2 Å². The third-order valence-corrected chi connectivity index (χ3v) is 8.20. The quantitative estimate of drug-likeness (QED) is 0.589. The number of amides is 1. The van der Waals surface area contributed by atoms with Gasteiger partial charge in [0.2, 0.25) is 17.6 Å². The van der Waals surface area contributed by atoms with Crippen molar-refractivity contribution in [1.29, 1.82) is 0 Å². The predicted molar refractivity (Wildman–Crippen MR) is 116 cm³/mol. The molecule has 0 unspecified atom stereocenters. The third kappa shape index (κ3) is 3.18. The van der Waals surface area contributed by atoms with Gasteiger partial charge in [0.1, 0.15) is 0 Å². The van der Waals surface area contributed by atoms with Crippen molar-refractivity contribution in [2.75, 3.05) is 5.32 Å². The van der Waals surface area contributed by atoms with Crippen LogP contribution >= 0.6 is 11.3 Å². The van der Waals surface area contributed by atoms with E-state index < -0.39 is 0 Å². The molecule has 4 aliphatic carbocycles. The highest BCUT2D eigenvalue weighted by Crippen LogP contribution is 2.60. The zero-order valence-electron chi connectivity index (χ0n) is 16.8. The summed E-state index contributed by atoms with van der Waals surface area (Å²) in [6, 6.07) is 12.0. The SMILES string of the molecule is O=C(Nc1ccccc1Cc1nc(-c2cccs2)no1)C12CC3CC(CC(C3)C1)C2. The molecule has 0 aliphatic heterocycles. The molecule has 2 heterocycles. The lowest BCUT2D eigenvalue weighted by atomic mass is 9.49. The molecule has 0 saturated heterocycles. The van der Waals surface area contributed by atoms with Gasteiger partial charge in [-0.2, -0.15) is 4.98 Å². The van der Waals surface area contributed by atoms with Gasteiger partial charge in [0.15, 0.2) is 0 Å². The molecular weight excluding hydrogens is 394 g/mol. The van der Waals surface area contributed by atoms with Crippen LogP contribution in [0.25, 0.3) is 10.7 Å². The summed E-state index contributed by atoms with van der Waals surface area (Å²) in [5.74, 6) is 3.67.